The summed E-state index contributed by atoms with van der Waals surface area (Å²) < 4.78 is 2.28. The quantitative estimate of drug-likeness (QED) is 0.894. The highest BCUT2D eigenvalue weighted by Gasteiger charge is 2.20. The zero-order valence-corrected chi connectivity index (χ0v) is 10.3. The van der Waals surface area contributed by atoms with Crippen molar-refractivity contribution in [2.24, 2.45) is 0 Å². The van der Waals surface area contributed by atoms with Crippen molar-refractivity contribution in [2.45, 2.75) is 32.2 Å². The van der Waals surface area contributed by atoms with E-state index < -0.39 is 0 Å². The lowest BCUT2D eigenvalue weighted by molar-refractivity contribution is 0.295. The Morgan fingerprint density at radius 1 is 1.33 bits per heavy atom. The third-order valence-electron chi connectivity index (χ3n) is 3.47. The molecule has 0 atom stereocenters. The molecule has 0 unspecified atom stereocenters. The average Bonchev–Trinajstić information content (AvgIpc) is 2.80. The van der Waals surface area contributed by atoms with E-state index in [1.807, 2.05) is 18.3 Å². The molecule has 0 bridgehead atoms. The van der Waals surface area contributed by atoms with Gasteiger partial charge in [-0.25, -0.2) is 4.98 Å². The first-order chi connectivity index (χ1) is 8.90. The number of aliphatic hydroxyl groups excluding tert-OH is 1. The summed E-state index contributed by atoms with van der Waals surface area (Å²) in [5.41, 5.74) is 3.19. The Labute approximate surface area is 106 Å². The molecular formula is C14H17N3O. The lowest BCUT2D eigenvalue weighted by atomic mass is 10.1. The molecule has 3 rings (SSSR count). The van der Waals surface area contributed by atoms with E-state index in [1.165, 1.54) is 12.8 Å². The first kappa shape index (κ1) is 11.4. The summed E-state index contributed by atoms with van der Waals surface area (Å²) in [7, 11) is 0. The molecule has 4 heteroatoms. The molecule has 2 aromatic heterocycles. The summed E-state index contributed by atoms with van der Waals surface area (Å²) in [4.78, 5) is 8.91. The number of imidazole rings is 1. The molecular weight excluding hydrogens is 226 g/mol. The molecule has 4 nitrogen and oxygen atoms in total. The van der Waals surface area contributed by atoms with Crippen LogP contribution >= 0.6 is 0 Å². The van der Waals surface area contributed by atoms with Gasteiger partial charge in [-0.1, -0.05) is 0 Å². The topological polar surface area (TPSA) is 50.9 Å². The standard InChI is InChI=1S/C14H17N3O/c18-9-6-12-14(11-4-3-7-15-10-11)16-13-5-1-2-8-17(12)13/h3-4,7,10,18H,1-2,5-6,8-9H2. The molecule has 0 aliphatic carbocycles. The minimum atomic E-state index is 0.165. The molecule has 2 aromatic rings. The number of hydrogen-bond donors (Lipinski definition) is 1. The molecule has 1 N–H and O–H groups in total. The van der Waals surface area contributed by atoms with Crippen molar-refractivity contribution >= 4 is 0 Å². The van der Waals surface area contributed by atoms with Crippen molar-refractivity contribution in [3.63, 3.8) is 0 Å². The number of aliphatic hydroxyl groups is 1. The molecule has 0 fully saturated rings. The van der Waals surface area contributed by atoms with Gasteiger partial charge in [-0.05, 0) is 25.0 Å². The van der Waals surface area contributed by atoms with E-state index in [4.69, 9.17) is 4.98 Å². The van der Waals surface area contributed by atoms with Crippen LogP contribution in [0.25, 0.3) is 11.3 Å². The SMILES string of the molecule is OCCc1c(-c2cccnc2)nc2n1CCCC2. The third-order valence-corrected chi connectivity index (χ3v) is 3.47. The molecule has 0 saturated heterocycles. The fourth-order valence-corrected chi connectivity index (χ4v) is 2.64. The molecule has 3 heterocycles. The number of aryl methyl sites for hydroxylation is 1. The van der Waals surface area contributed by atoms with Gasteiger partial charge in [-0.15, -0.1) is 0 Å². The van der Waals surface area contributed by atoms with E-state index >= 15 is 0 Å². The van der Waals surface area contributed by atoms with Crippen LogP contribution in [0.15, 0.2) is 24.5 Å². The number of rotatable bonds is 3. The van der Waals surface area contributed by atoms with Gasteiger partial charge < -0.3 is 9.67 Å². The highest BCUT2D eigenvalue weighted by molar-refractivity contribution is 5.61. The van der Waals surface area contributed by atoms with E-state index in [-0.39, 0.29) is 6.61 Å². The predicted octanol–water partition coefficient (Wildman–Crippen LogP) is 1.82. The summed E-state index contributed by atoms with van der Waals surface area (Å²) in [5, 5.41) is 9.25. The maximum Gasteiger partial charge on any atom is 0.109 e. The van der Waals surface area contributed by atoms with E-state index in [0.717, 1.165) is 35.7 Å². The Balaban J connectivity index is 2.11. The number of pyridine rings is 1. The van der Waals surface area contributed by atoms with Gasteiger partial charge in [0.2, 0.25) is 0 Å². The predicted molar refractivity (Wildman–Crippen MR) is 69.2 cm³/mol. The van der Waals surface area contributed by atoms with Crippen molar-refractivity contribution in [1.82, 2.24) is 14.5 Å². The van der Waals surface area contributed by atoms with Crippen LogP contribution in [0.3, 0.4) is 0 Å². The minimum Gasteiger partial charge on any atom is -0.396 e. The molecule has 18 heavy (non-hydrogen) atoms. The lowest BCUT2D eigenvalue weighted by Gasteiger charge is -2.16. The van der Waals surface area contributed by atoms with Crippen LogP contribution < -0.4 is 0 Å². The molecule has 0 radical (unpaired) electrons. The van der Waals surface area contributed by atoms with Crippen molar-refractivity contribution in [1.29, 1.82) is 0 Å². The molecule has 94 valence electrons. The number of fused-ring (bicyclic) bond motifs is 1. The smallest absolute Gasteiger partial charge is 0.109 e. The summed E-state index contributed by atoms with van der Waals surface area (Å²) in [6.07, 6.45) is 7.73. The monoisotopic (exact) mass is 243 g/mol. The Kier molecular flexibility index (Phi) is 3.11. The van der Waals surface area contributed by atoms with Crippen LogP contribution in [0.5, 0.6) is 0 Å². The van der Waals surface area contributed by atoms with Crippen LogP contribution in [0.2, 0.25) is 0 Å². The van der Waals surface area contributed by atoms with Crippen LogP contribution in [0.1, 0.15) is 24.4 Å². The summed E-state index contributed by atoms with van der Waals surface area (Å²) in [6.45, 7) is 1.19. The average molecular weight is 243 g/mol. The highest BCUT2D eigenvalue weighted by Crippen LogP contribution is 2.27. The van der Waals surface area contributed by atoms with Gasteiger partial charge in [0.25, 0.3) is 0 Å². The summed E-state index contributed by atoms with van der Waals surface area (Å²) >= 11 is 0. The van der Waals surface area contributed by atoms with Gasteiger partial charge in [-0.2, -0.15) is 0 Å². The number of hydrogen-bond acceptors (Lipinski definition) is 3. The first-order valence-corrected chi connectivity index (χ1v) is 6.49. The second kappa shape index (κ2) is 4.90. The Morgan fingerprint density at radius 3 is 3.06 bits per heavy atom. The second-order valence-electron chi connectivity index (χ2n) is 4.65. The van der Waals surface area contributed by atoms with Crippen molar-refractivity contribution in [2.75, 3.05) is 6.61 Å². The fraction of sp³-hybridized carbons (Fsp3) is 0.429. The van der Waals surface area contributed by atoms with Crippen molar-refractivity contribution in [3.05, 3.63) is 36.0 Å². The summed E-state index contributed by atoms with van der Waals surface area (Å²) in [5.74, 6) is 1.16. The van der Waals surface area contributed by atoms with Crippen molar-refractivity contribution in [3.8, 4) is 11.3 Å². The molecule has 0 amide bonds. The van der Waals surface area contributed by atoms with Gasteiger partial charge in [0, 0.05) is 49.6 Å². The van der Waals surface area contributed by atoms with Crippen LogP contribution in [-0.4, -0.2) is 26.2 Å². The maximum atomic E-state index is 9.25. The molecule has 0 saturated carbocycles. The first-order valence-electron chi connectivity index (χ1n) is 6.49. The molecule has 0 spiro atoms. The Morgan fingerprint density at radius 2 is 2.28 bits per heavy atom. The van der Waals surface area contributed by atoms with Gasteiger partial charge in [0.1, 0.15) is 5.82 Å². The van der Waals surface area contributed by atoms with E-state index in [2.05, 4.69) is 9.55 Å². The number of nitrogens with zero attached hydrogens (tertiary/aromatic N) is 3. The Hall–Kier alpha value is -1.68. The van der Waals surface area contributed by atoms with Crippen LogP contribution in [0, 0.1) is 0 Å². The van der Waals surface area contributed by atoms with E-state index in [1.54, 1.807) is 6.20 Å². The molecule has 1 aliphatic heterocycles. The van der Waals surface area contributed by atoms with Gasteiger partial charge in [-0.3, -0.25) is 4.98 Å². The Bertz CT molecular complexity index is 533. The van der Waals surface area contributed by atoms with Crippen molar-refractivity contribution < 1.29 is 5.11 Å². The highest BCUT2D eigenvalue weighted by atomic mass is 16.3. The summed E-state index contributed by atoms with van der Waals surface area (Å²) in [6, 6.07) is 3.96. The second-order valence-corrected chi connectivity index (χ2v) is 4.65. The maximum absolute atomic E-state index is 9.25. The van der Waals surface area contributed by atoms with E-state index in [9.17, 15) is 5.11 Å². The van der Waals surface area contributed by atoms with Crippen LogP contribution in [-0.2, 0) is 19.4 Å². The zero-order valence-electron chi connectivity index (χ0n) is 10.3. The minimum absolute atomic E-state index is 0.165. The molecule has 1 aliphatic rings. The van der Waals surface area contributed by atoms with E-state index in [0.29, 0.717) is 6.42 Å². The largest absolute Gasteiger partial charge is 0.396 e. The normalized spacial score (nSPS) is 14.5. The number of aromatic nitrogens is 3. The zero-order chi connectivity index (χ0) is 12.4. The third kappa shape index (κ3) is 1.93. The van der Waals surface area contributed by atoms with Gasteiger partial charge in [0.05, 0.1) is 5.69 Å². The van der Waals surface area contributed by atoms with Gasteiger partial charge in [0.15, 0.2) is 0 Å². The lowest BCUT2D eigenvalue weighted by Crippen LogP contribution is -2.13. The van der Waals surface area contributed by atoms with Crippen LogP contribution in [0.4, 0.5) is 0 Å². The molecule has 0 aromatic carbocycles. The van der Waals surface area contributed by atoms with Gasteiger partial charge >= 0.3 is 0 Å². The fourth-order valence-electron chi connectivity index (χ4n) is 2.64.